The number of carbonyl (C=O) groups excluding carboxylic acids is 1. The maximum Gasteiger partial charge on any atom is 0.162 e. The third-order valence-electron chi connectivity index (χ3n) is 5.54. The van der Waals surface area contributed by atoms with Gasteiger partial charge in [-0.25, -0.2) is 0 Å². The van der Waals surface area contributed by atoms with E-state index < -0.39 is 0 Å². The fourth-order valence-corrected chi connectivity index (χ4v) is 3.85. The molecule has 0 aromatic heterocycles. The molecule has 0 bridgehead atoms. The van der Waals surface area contributed by atoms with Crippen LogP contribution in [0, 0.1) is 17.8 Å². The summed E-state index contributed by atoms with van der Waals surface area (Å²) in [4.78, 5) is 13.0. The number of hydrogen-bond acceptors (Lipinski definition) is 2. The lowest BCUT2D eigenvalue weighted by Gasteiger charge is -2.30. The van der Waals surface area contributed by atoms with Gasteiger partial charge < -0.3 is 4.74 Å². The first-order chi connectivity index (χ1) is 12.5. The number of methoxy groups -OCH3 is 1. The van der Waals surface area contributed by atoms with Crippen molar-refractivity contribution in [3.8, 4) is 16.9 Å². The smallest absolute Gasteiger partial charge is 0.162 e. The van der Waals surface area contributed by atoms with Crippen molar-refractivity contribution in [2.45, 2.75) is 33.6 Å². The molecule has 0 spiro atoms. The fourth-order valence-electron chi connectivity index (χ4n) is 3.85. The first-order valence-electron chi connectivity index (χ1n) is 9.50. The first-order valence-corrected chi connectivity index (χ1v) is 9.50. The summed E-state index contributed by atoms with van der Waals surface area (Å²) in [5.74, 6) is 2.06. The van der Waals surface area contributed by atoms with Gasteiger partial charge in [0, 0.05) is 5.92 Å². The minimum absolute atomic E-state index is 0.158. The molecular weight excluding hydrogens is 320 g/mol. The van der Waals surface area contributed by atoms with Gasteiger partial charge in [0.05, 0.1) is 7.11 Å². The Hall–Kier alpha value is -2.35. The van der Waals surface area contributed by atoms with Gasteiger partial charge in [-0.15, -0.1) is 0 Å². The molecule has 0 aliphatic heterocycles. The zero-order chi connectivity index (χ0) is 18.7. The Labute approximate surface area is 156 Å². The molecule has 0 saturated heterocycles. The van der Waals surface area contributed by atoms with Crippen LogP contribution in [0.2, 0.25) is 0 Å². The van der Waals surface area contributed by atoms with Gasteiger partial charge in [0.15, 0.2) is 5.78 Å². The van der Waals surface area contributed by atoms with Crippen molar-refractivity contribution in [3.63, 3.8) is 0 Å². The Morgan fingerprint density at radius 2 is 1.73 bits per heavy atom. The predicted molar refractivity (Wildman–Crippen MR) is 108 cm³/mol. The number of Topliss-reactive ketones (excluding diaryl/α,β-unsaturated/α-hetero) is 1. The standard InChI is InChI=1S/C24H28O2/c1-16(2)21-14-9-17(3)23(24(21)25)15-19-7-5-6-8-22(19)18-10-12-20(26-4)13-11-18/h5-8,10-13,15-17,21H,9,14H2,1-4H3/b23-15-/t17-,21-/m1/s1. The molecule has 0 unspecified atom stereocenters. The molecule has 0 amide bonds. The second-order valence-corrected chi connectivity index (χ2v) is 7.61. The van der Waals surface area contributed by atoms with Gasteiger partial charge in [-0.1, -0.05) is 57.2 Å². The van der Waals surface area contributed by atoms with Crippen LogP contribution in [0.15, 0.2) is 54.1 Å². The SMILES string of the molecule is COc1ccc(-c2ccccc2/C=C2\C(=O)[C@@H](C(C)C)CC[C@H]2C)cc1. The molecule has 2 heteroatoms. The number of ketones is 1. The summed E-state index contributed by atoms with van der Waals surface area (Å²) >= 11 is 0. The average molecular weight is 348 g/mol. The van der Waals surface area contributed by atoms with Gasteiger partial charge in [0.1, 0.15) is 5.75 Å². The maximum absolute atomic E-state index is 13.0. The van der Waals surface area contributed by atoms with Crippen LogP contribution < -0.4 is 4.74 Å². The van der Waals surface area contributed by atoms with Gasteiger partial charge in [0.25, 0.3) is 0 Å². The highest BCUT2D eigenvalue weighted by Crippen LogP contribution is 2.36. The summed E-state index contributed by atoms with van der Waals surface area (Å²) in [7, 11) is 1.68. The van der Waals surface area contributed by atoms with Gasteiger partial charge in [-0.2, -0.15) is 0 Å². The zero-order valence-electron chi connectivity index (χ0n) is 16.2. The van der Waals surface area contributed by atoms with E-state index in [1.165, 1.54) is 0 Å². The van der Waals surface area contributed by atoms with Gasteiger partial charge in [-0.05, 0) is 65.1 Å². The molecule has 26 heavy (non-hydrogen) atoms. The van der Waals surface area contributed by atoms with E-state index in [1.807, 2.05) is 24.3 Å². The molecule has 0 radical (unpaired) electrons. The minimum atomic E-state index is 0.158. The second kappa shape index (κ2) is 7.90. The van der Waals surface area contributed by atoms with E-state index in [0.29, 0.717) is 17.6 Å². The normalized spacial score (nSPS) is 22.0. The molecule has 1 aliphatic carbocycles. The molecule has 1 fully saturated rings. The summed E-state index contributed by atoms with van der Waals surface area (Å²) in [6.45, 7) is 6.49. The van der Waals surface area contributed by atoms with Gasteiger partial charge >= 0.3 is 0 Å². The van der Waals surface area contributed by atoms with Crippen LogP contribution in [-0.4, -0.2) is 12.9 Å². The van der Waals surface area contributed by atoms with E-state index in [-0.39, 0.29) is 5.92 Å². The zero-order valence-corrected chi connectivity index (χ0v) is 16.2. The summed E-state index contributed by atoms with van der Waals surface area (Å²) in [6.07, 6.45) is 4.22. The number of ether oxygens (including phenoxy) is 1. The number of allylic oxidation sites excluding steroid dienone is 1. The molecule has 2 aromatic carbocycles. The van der Waals surface area contributed by atoms with Crippen LogP contribution in [-0.2, 0) is 4.79 Å². The Morgan fingerprint density at radius 1 is 1.04 bits per heavy atom. The third kappa shape index (κ3) is 3.75. The van der Waals surface area contributed by atoms with E-state index in [9.17, 15) is 4.79 Å². The van der Waals surface area contributed by atoms with Crippen molar-refractivity contribution in [2.24, 2.45) is 17.8 Å². The molecule has 0 N–H and O–H groups in total. The Kier molecular flexibility index (Phi) is 5.61. The molecule has 2 atom stereocenters. The van der Waals surface area contributed by atoms with Gasteiger partial charge in [0.2, 0.25) is 0 Å². The largest absolute Gasteiger partial charge is 0.497 e. The molecule has 2 aromatic rings. The molecule has 136 valence electrons. The molecule has 1 aliphatic rings. The molecule has 0 heterocycles. The van der Waals surface area contributed by atoms with Crippen LogP contribution in [0.1, 0.15) is 39.2 Å². The van der Waals surface area contributed by atoms with Crippen LogP contribution in [0.3, 0.4) is 0 Å². The van der Waals surface area contributed by atoms with E-state index in [2.05, 4.69) is 51.1 Å². The summed E-state index contributed by atoms with van der Waals surface area (Å²) in [5, 5.41) is 0. The van der Waals surface area contributed by atoms with Crippen molar-refractivity contribution in [1.29, 1.82) is 0 Å². The molecule has 3 rings (SSSR count). The summed E-state index contributed by atoms with van der Waals surface area (Å²) < 4.78 is 5.26. The van der Waals surface area contributed by atoms with E-state index in [4.69, 9.17) is 4.74 Å². The van der Waals surface area contributed by atoms with Crippen molar-refractivity contribution < 1.29 is 9.53 Å². The molecule has 2 nitrogen and oxygen atoms in total. The average Bonchev–Trinajstić information content (AvgIpc) is 2.65. The Bertz CT molecular complexity index is 799. The Morgan fingerprint density at radius 3 is 2.38 bits per heavy atom. The second-order valence-electron chi connectivity index (χ2n) is 7.61. The third-order valence-corrected chi connectivity index (χ3v) is 5.54. The monoisotopic (exact) mass is 348 g/mol. The minimum Gasteiger partial charge on any atom is -0.497 e. The first kappa shape index (κ1) is 18.4. The Balaban J connectivity index is 2.01. The number of hydrogen-bond donors (Lipinski definition) is 0. The molecule has 1 saturated carbocycles. The highest BCUT2D eigenvalue weighted by molar-refractivity contribution is 6.03. The highest BCUT2D eigenvalue weighted by Gasteiger charge is 2.32. The van der Waals surface area contributed by atoms with Crippen LogP contribution in [0.5, 0.6) is 5.75 Å². The lowest BCUT2D eigenvalue weighted by Crippen LogP contribution is -2.30. The number of carbonyl (C=O) groups is 1. The predicted octanol–water partition coefficient (Wildman–Crippen LogP) is 6.02. The summed E-state index contributed by atoms with van der Waals surface area (Å²) in [6, 6.07) is 16.4. The van der Waals surface area contributed by atoms with Gasteiger partial charge in [-0.3, -0.25) is 4.79 Å². The van der Waals surface area contributed by atoms with Crippen LogP contribution >= 0.6 is 0 Å². The van der Waals surface area contributed by atoms with Crippen molar-refractivity contribution in [2.75, 3.05) is 7.11 Å². The lowest BCUT2D eigenvalue weighted by atomic mass is 9.73. The summed E-state index contributed by atoms with van der Waals surface area (Å²) in [5.41, 5.74) is 4.37. The molecular formula is C24H28O2. The maximum atomic E-state index is 13.0. The topological polar surface area (TPSA) is 26.3 Å². The van der Waals surface area contributed by atoms with E-state index >= 15 is 0 Å². The number of benzene rings is 2. The van der Waals surface area contributed by atoms with E-state index in [0.717, 1.165) is 40.9 Å². The van der Waals surface area contributed by atoms with E-state index in [1.54, 1.807) is 7.11 Å². The number of rotatable bonds is 4. The quantitative estimate of drug-likeness (QED) is 0.632. The van der Waals surface area contributed by atoms with Crippen LogP contribution in [0.4, 0.5) is 0 Å². The highest BCUT2D eigenvalue weighted by atomic mass is 16.5. The fraction of sp³-hybridized carbons (Fsp3) is 0.375. The lowest BCUT2D eigenvalue weighted by molar-refractivity contribution is -0.122. The van der Waals surface area contributed by atoms with Crippen molar-refractivity contribution >= 4 is 11.9 Å². The van der Waals surface area contributed by atoms with Crippen LogP contribution in [0.25, 0.3) is 17.2 Å². The van der Waals surface area contributed by atoms with Crippen molar-refractivity contribution in [1.82, 2.24) is 0 Å². The van der Waals surface area contributed by atoms with Crippen molar-refractivity contribution in [3.05, 3.63) is 59.7 Å².